The normalized spacial score (nSPS) is 14.8. The van der Waals surface area contributed by atoms with Crippen LogP contribution in [0.5, 0.6) is 5.75 Å². The molecule has 0 radical (unpaired) electrons. The zero-order valence-electron chi connectivity index (χ0n) is 18.7. The Labute approximate surface area is 234 Å². The van der Waals surface area contributed by atoms with E-state index < -0.39 is 0 Å². The topological polar surface area (TPSA) is 46.6 Å². The molecule has 0 bridgehead atoms. The van der Waals surface area contributed by atoms with Crippen LogP contribution in [0.2, 0.25) is 5.02 Å². The fourth-order valence-electron chi connectivity index (χ4n) is 3.84. The van der Waals surface area contributed by atoms with E-state index in [1.807, 2.05) is 24.3 Å². The van der Waals surface area contributed by atoms with Gasteiger partial charge in [-0.05, 0) is 107 Å². The van der Waals surface area contributed by atoms with Crippen molar-refractivity contribution >= 4 is 83.2 Å². The highest BCUT2D eigenvalue weighted by Crippen LogP contribution is 2.38. The predicted molar refractivity (Wildman–Crippen MR) is 153 cm³/mol. The van der Waals surface area contributed by atoms with E-state index in [2.05, 4.69) is 62.2 Å². The molecule has 0 aliphatic carbocycles. The predicted octanol–water partition coefficient (Wildman–Crippen LogP) is 8.83. The fourth-order valence-corrected chi connectivity index (χ4v) is 6.26. The van der Waals surface area contributed by atoms with Crippen molar-refractivity contribution in [3.05, 3.63) is 114 Å². The average molecular weight is 644 g/mol. The molecular weight excluding hydrogens is 626 g/mol. The maximum atomic E-state index is 12.9. The SMILES string of the molecule is O=C1S/C(=C\c2cc(Br)c(OCc3ccc4ccccc4c3)c(Br)c2)C(=O)N1Cc1ccc(Cl)cc1. The van der Waals surface area contributed by atoms with Gasteiger partial charge >= 0.3 is 0 Å². The van der Waals surface area contributed by atoms with Crippen LogP contribution in [0.3, 0.4) is 0 Å². The van der Waals surface area contributed by atoms with Crippen LogP contribution in [-0.2, 0) is 17.9 Å². The molecule has 0 unspecified atom stereocenters. The Hall–Kier alpha value is -2.58. The van der Waals surface area contributed by atoms with Gasteiger partial charge in [-0.25, -0.2) is 0 Å². The van der Waals surface area contributed by atoms with Gasteiger partial charge in [-0.15, -0.1) is 0 Å². The molecule has 4 aromatic rings. The molecule has 4 nitrogen and oxygen atoms in total. The summed E-state index contributed by atoms with van der Waals surface area (Å²) in [5.74, 6) is 0.347. The quantitative estimate of drug-likeness (QED) is 0.197. The minimum atomic E-state index is -0.316. The van der Waals surface area contributed by atoms with Crippen molar-refractivity contribution in [2.75, 3.05) is 0 Å². The average Bonchev–Trinajstić information content (AvgIpc) is 3.12. The highest BCUT2D eigenvalue weighted by atomic mass is 79.9. The zero-order chi connectivity index (χ0) is 25.2. The number of imide groups is 1. The number of hydrogen-bond acceptors (Lipinski definition) is 4. The van der Waals surface area contributed by atoms with Crippen molar-refractivity contribution in [1.82, 2.24) is 4.90 Å². The molecule has 1 aliphatic rings. The number of amides is 2. The standard InChI is InChI=1S/C28H18Br2ClNO3S/c29-23-12-19(14-25-27(33)32(28(34)36-25)15-17-6-9-22(31)10-7-17)13-24(30)26(23)35-16-18-5-8-20-3-1-2-4-21(20)11-18/h1-14H,15-16H2/b25-14-. The Balaban J connectivity index is 1.31. The van der Waals surface area contributed by atoms with Crippen molar-refractivity contribution < 1.29 is 14.3 Å². The first kappa shape index (κ1) is 25.1. The summed E-state index contributed by atoms with van der Waals surface area (Å²) in [7, 11) is 0. The lowest BCUT2D eigenvalue weighted by atomic mass is 10.1. The number of fused-ring (bicyclic) bond motifs is 1. The third-order valence-corrected chi connectivity index (χ3v) is 7.98. The summed E-state index contributed by atoms with van der Waals surface area (Å²) in [6, 6.07) is 25.3. The Morgan fingerprint density at radius 1 is 0.861 bits per heavy atom. The number of rotatable bonds is 6. The van der Waals surface area contributed by atoms with Crippen LogP contribution < -0.4 is 4.74 Å². The molecule has 1 saturated heterocycles. The van der Waals surface area contributed by atoms with Crippen molar-refractivity contribution in [3.63, 3.8) is 0 Å². The van der Waals surface area contributed by atoms with Crippen LogP contribution in [0.25, 0.3) is 16.8 Å². The molecule has 0 spiro atoms. The van der Waals surface area contributed by atoms with Crippen molar-refractivity contribution in [2.45, 2.75) is 13.2 Å². The maximum absolute atomic E-state index is 12.9. The molecule has 0 saturated carbocycles. The van der Waals surface area contributed by atoms with Crippen molar-refractivity contribution in [1.29, 1.82) is 0 Å². The smallest absolute Gasteiger partial charge is 0.293 e. The van der Waals surface area contributed by atoms with Crippen LogP contribution in [-0.4, -0.2) is 16.0 Å². The molecule has 180 valence electrons. The van der Waals surface area contributed by atoms with E-state index in [9.17, 15) is 9.59 Å². The van der Waals surface area contributed by atoms with Gasteiger partial charge in [0.05, 0.1) is 20.4 Å². The van der Waals surface area contributed by atoms with Crippen LogP contribution in [0.4, 0.5) is 4.79 Å². The molecule has 0 atom stereocenters. The lowest BCUT2D eigenvalue weighted by Crippen LogP contribution is -2.27. The summed E-state index contributed by atoms with van der Waals surface area (Å²) >= 11 is 14.0. The molecule has 2 amide bonds. The molecular formula is C28H18Br2ClNO3S. The maximum Gasteiger partial charge on any atom is 0.293 e. The van der Waals surface area contributed by atoms with Gasteiger partial charge in [-0.2, -0.15) is 0 Å². The van der Waals surface area contributed by atoms with E-state index in [0.29, 0.717) is 22.3 Å². The second-order valence-corrected chi connectivity index (χ2v) is 11.3. The number of thioether (sulfide) groups is 1. The molecule has 1 fully saturated rings. The van der Waals surface area contributed by atoms with Gasteiger partial charge in [0.25, 0.3) is 11.1 Å². The minimum absolute atomic E-state index is 0.202. The summed E-state index contributed by atoms with van der Waals surface area (Å²) in [4.78, 5) is 27.0. The van der Waals surface area contributed by atoms with Crippen LogP contribution in [0, 0.1) is 0 Å². The summed E-state index contributed by atoms with van der Waals surface area (Å²) in [5, 5.41) is 2.66. The van der Waals surface area contributed by atoms with E-state index in [1.165, 1.54) is 10.3 Å². The Morgan fingerprint density at radius 2 is 1.53 bits per heavy atom. The third kappa shape index (κ3) is 5.54. The zero-order valence-corrected chi connectivity index (χ0v) is 23.5. The number of carbonyl (C=O) groups is 2. The molecule has 8 heteroatoms. The molecule has 1 heterocycles. The summed E-state index contributed by atoms with van der Waals surface area (Å²) in [5.41, 5.74) is 2.66. The number of halogens is 3. The Bertz CT molecular complexity index is 1500. The van der Waals surface area contributed by atoms with E-state index in [4.69, 9.17) is 16.3 Å². The van der Waals surface area contributed by atoms with E-state index in [-0.39, 0.29) is 17.7 Å². The van der Waals surface area contributed by atoms with Gasteiger partial charge in [0.1, 0.15) is 12.4 Å². The number of benzene rings is 4. The van der Waals surface area contributed by atoms with Crippen molar-refractivity contribution in [3.8, 4) is 5.75 Å². The van der Waals surface area contributed by atoms with Crippen LogP contribution in [0.1, 0.15) is 16.7 Å². The van der Waals surface area contributed by atoms with Crippen molar-refractivity contribution in [2.24, 2.45) is 0 Å². The number of hydrogen-bond donors (Lipinski definition) is 0. The molecule has 1 aliphatic heterocycles. The molecule has 0 aromatic heterocycles. The first-order chi connectivity index (χ1) is 17.4. The highest BCUT2D eigenvalue weighted by Gasteiger charge is 2.35. The second-order valence-electron chi connectivity index (χ2n) is 8.18. The van der Waals surface area contributed by atoms with E-state index in [0.717, 1.165) is 42.8 Å². The monoisotopic (exact) mass is 641 g/mol. The lowest BCUT2D eigenvalue weighted by Gasteiger charge is -2.13. The molecule has 5 rings (SSSR count). The number of carbonyl (C=O) groups excluding carboxylic acids is 2. The van der Waals surface area contributed by atoms with Gasteiger partial charge in [0, 0.05) is 5.02 Å². The molecule has 36 heavy (non-hydrogen) atoms. The van der Waals surface area contributed by atoms with Gasteiger partial charge < -0.3 is 4.74 Å². The van der Waals surface area contributed by atoms with Crippen LogP contribution in [0.15, 0.2) is 92.7 Å². The minimum Gasteiger partial charge on any atom is -0.487 e. The van der Waals surface area contributed by atoms with Gasteiger partial charge in [-0.3, -0.25) is 14.5 Å². The number of nitrogens with zero attached hydrogens (tertiary/aromatic N) is 1. The molecule has 0 N–H and O–H groups in total. The summed E-state index contributed by atoms with van der Waals surface area (Å²) in [6.45, 7) is 0.610. The van der Waals surface area contributed by atoms with Crippen LogP contribution >= 0.6 is 55.2 Å². The Kier molecular flexibility index (Phi) is 7.53. The van der Waals surface area contributed by atoms with E-state index in [1.54, 1.807) is 30.3 Å². The third-order valence-electron chi connectivity index (χ3n) is 5.64. The highest BCUT2D eigenvalue weighted by molar-refractivity contribution is 9.11. The number of ether oxygens (including phenoxy) is 1. The van der Waals surface area contributed by atoms with Gasteiger partial charge in [0.15, 0.2) is 0 Å². The van der Waals surface area contributed by atoms with Gasteiger partial charge in [-0.1, -0.05) is 60.1 Å². The second kappa shape index (κ2) is 10.8. The first-order valence-electron chi connectivity index (χ1n) is 11.0. The fraction of sp³-hybridized carbons (Fsp3) is 0.0714. The van der Waals surface area contributed by atoms with Gasteiger partial charge in [0.2, 0.25) is 0 Å². The first-order valence-corrected chi connectivity index (χ1v) is 13.7. The molecule has 4 aromatic carbocycles. The summed E-state index contributed by atoms with van der Waals surface area (Å²) in [6.07, 6.45) is 1.72. The Morgan fingerprint density at radius 3 is 2.25 bits per heavy atom. The lowest BCUT2D eigenvalue weighted by molar-refractivity contribution is -0.123. The van der Waals surface area contributed by atoms with E-state index >= 15 is 0 Å². The largest absolute Gasteiger partial charge is 0.487 e. The summed E-state index contributed by atoms with van der Waals surface area (Å²) < 4.78 is 7.58.